The molecule has 2 N–H and O–H groups in total. The number of thiazole rings is 1. The molecule has 1 aliphatic rings. The molecule has 1 aromatic heterocycles. The summed E-state index contributed by atoms with van der Waals surface area (Å²) >= 11 is 1.65. The molecule has 4 nitrogen and oxygen atoms in total. The van der Waals surface area contributed by atoms with Crippen LogP contribution in [0.4, 0.5) is 0 Å². The van der Waals surface area contributed by atoms with E-state index in [1.54, 1.807) is 11.3 Å². The second-order valence-corrected chi connectivity index (χ2v) is 5.38. The first kappa shape index (κ1) is 15.7. The van der Waals surface area contributed by atoms with Crippen molar-refractivity contribution in [3.63, 3.8) is 0 Å². The lowest BCUT2D eigenvalue weighted by Crippen LogP contribution is -2.38. The van der Waals surface area contributed by atoms with E-state index in [4.69, 9.17) is 5.73 Å². The van der Waals surface area contributed by atoms with Crippen molar-refractivity contribution in [2.24, 2.45) is 10.7 Å². The van der Waals surface area contributed by atoms with Gasteiger partial charge in [0.1, 0.15) is 0 Å². The van der Waals surface area contributed by atoms with Gasteiger partial charge in [-0.15, -0.1) is 35.3 Å². The molecule has 6 heteroatoms. The van der Waals surface area contributed by atoms with Crippen LogP contribution >= 0.6 is 35.3 Å². The van der Waals surface area contributed by atoms with Gasteiger partial charge in [-0.25, -0.2) is 9.98 Å². The summed E-state index contributed by atoms with van der Waals surface area (Å²) in [5.41, 5.74) is 8.98. The van der Waals surface area contributed by atoms with E-state index in [1.165, 1.54) is 30.6 Å². The number of hydrogen-bond donors (Lipinski definition) is 1. The normalized spacial score (nSPS) is 17.2. The summed E-state index contributed by atoms with van der Waals surface area (Å²) in [6.45, 7) is 4.79. The van der Waals surface area contributed by atoms with E-state index in [0.29, 0.717) is 12.5 Å². The van der Waals surface area contributed by atoms with E-state index in [9.17, 15) is 0 Å². The van der Waals surface area contributed by atoms with Gasteiger partial charge in [0, 0.05) is 18.0 Å². The van der Waals surface area contributed by atoms with Crippen molar-refractivity contribution in [2.45, 2.75) is 39.2 Å². The van der Waals surface area contributed by atoms with E-state index in [-0.39, 0.29) is 24.0 Å². The summed E-state index contributed by atoms with van der Waals surface area (Å²) in [7, 11) is 0. The van der Waals surface area contributed by atoms with Crippen LogP contribution in [0.1, 0.15) is 36.3 Å². The van der Waals surface area contributed by atoms with Crippen molar-refractivity contribution in [1.82, 2.24) is 9.88 Å². The van der Waals surface area contributed by atoms with Crippen LogP contribution in [0.15, 0.2) is 10.5 Å². The summed E-state index contributed by atoms with van der Waals surface area (Å²) in [4.78, 5) is 12.1. The first-order valence-electron chi connectivity index (χ1n) is 6.21. The highest BCUT2D eigenvalue weighted by atomic mass is 127. The fourth-order valence-electron chi connectivity index (χ4n) is 2.03. The maximum atomic E-state index is 6.04. The molecule has 0 aromatic carbocycles. The zero-order chi connectivity index (χ0) is 12.1. The zero-order valence-electron chi connectivity index (χ0n) is 10.8. The Kier molecular flexibility index (Phi) is 6.91. The molecule has 0 unspecified atom stereocenters. The number of rotatable bonds is 2. The Labute approximate surface area is 130 Å². The monoisotopic (exact) mass is 380 g/mol. The minimum atomic E-state index is 0. The van der Waals surface area contributed by atoms with E-state index in [1.807, 2.05) is 12.4 Å². The van der Waals surface area contributed by atoms with Gasteiger partial charge in [0.15, 0.2) is 5.96 Å². The molecule has 0 saturated carbocycles. The van der Waals surface area contributed by atoms with Crippen LogP contribution in [0.2, 0.25) is 0 Å². The Bertz CT molecular complexity index is 383. The molecule has 0 amide bonds. The smallest absolute Gasteiger partial charge is 0.191 e. The quantitative estimate of drug-likeness (QED) is 0.488. The lowest BCUT2D eigenvalue weighted by atomic mass is 10.2. The maximum absolute atomic E-state index is 6.04. The maximum Gasteiger partial charge on any atom is 0.191 e. The zero-order valence-corrected chi connectivity index (χ0v) is 13.9. The number of halogens is 1. The van der Waals surface area contributed by atoms with Crippen molar-refractivity contribution in [3.8, 4) is 0 Å². The molecule has 0 spiro atoms. The van der Waals surface area contributed by atoms with Gasteiger partial charge >= 0.3 is 0 Å². The molecule has 1 aromatic rings. The molecule has 2 heterocycles. The van der Waals surface area contributed by atoms with Crippen LogP contribution in [0, 0.1) is 6.92 Å². The predicted octanol–water partition coefficient (Wildman–Crippen LogP) is 2.76. The van der Waals surface area contributed by atoms with Crippen molar-refractivity contribution >= 4 is 41.3 Å². The Morgan fingerprint density at radius 3 is 2.61 bits per heavy atom. The molecular weight excluding hydrogens is 359 g/mol. The number of nitrogens with two attached hydrogens (primary N) is 1. The molecular formula is C12H21IN4S. The molecule has 0 bridgehead atoms. The Hall–Kier alpha value is -0.370. The third kappa shape index (κ3) is 4.38. The van der Waals surface area contributed by atoms with Crippen molar-refractivity contribution in [2.75, 3.05) is 13.1 Å². The molecule has 0 atom stereocenters. The summed E-state index contributed by atoms with van der Waals surface area (Å²) in [6, 6.07) is 0. The summed E-state index contributed by atoms with van der Waals surface area (Å²) in [5.74, 6) is 0.694. The standard InChI is InChI=1S/C12H20N4S.HI/c1-10-11(17-9-15-10)8-14-12(13)16-6-4-2-3-5-7-16;/h9H,2-8H2,1H3,(H2,13,14);1H. The minimum Gasteiger partial charge on any atom is -0.370 e. The van der Waals surface area contributed by atoms with Crippen LogP contribution in [0.25, 0.3) is 0 Å². The predicted molar refractivity (Wildman–Crippen MR) is 87.6 cm³/mol. The number of hydrogen-bond acceptors (Lipinski definition) is 3. The molecule has 0 aliphatic carbocycles. The van der Waals surface area contributed by atoms with Crippen LogP contribution in [0.5, 0.6) is 0 Å². The molecule has 18 heavy (non-hydrogen) atoms. The first-order valence-corrected chi connectivity index (χ1v) is 7.09. The molecule has 2 rings (SSSR count). The van der Waals surface area contributed by atoms with Gasteiger partial charge in [0.2, 0.25) is 0 Å². The number of nitrogens with zero attached hydrogens (tertiary/aromatic N) is 3. The van der Waals surface area contributed by atoms with Gasteiger partial charge < -0.3 is 10.6 Å². The van der Waals surface area contributed by atoms with E-state index in [2.05, 4.69) is 14.9 Å². The van der Waals surface area contributed by atoms with Gasteiger partial charge in [-0.1, -0.05) is 12.8 Å². The Balaban J connectivity index is 0.00000162. The second kappa shape index (κ2) is 7.93. The lowest BCUT2D eigenvalue weighted by Gasteiger charge is -2.20. The van der Waals surface area contributed by atoms with Gasteiger partial charge in [0.05, 0.1) is 17.7 Å². The summed E-state index contributed by atoms with van der Waals surface area (Å²) in [6.07, 6.45) is 5.10. The van der Waals surface area contributed by atoms with E-state index < -0.39 is 0 Å². The summed E-state index contributed by atoms with van der Waals surface area (Å²) in [5, 5.41) is 0. The number of guanidine groups is 1. The largest absolute Gasteiger partial charge is 0.370 e. The second-order valence-electron chi connectivity index (χ2n) is 4.44. The van der Waals surface area contributed by atoms with Gasteiger partial charge in [-0.2, -0.15) is 0 Å². The fourth-order valence-corrected chi connectivity index (χ4v) is 2.73. The van der Waals surface area contributed by atoms with E-state index in [0.717, 1.165) is 18.8 Å². The number of aryl methyl sites for hydroxylation is 1. The van der Waals surface area contributed by atoms with E-state index >= 15 is 0 Å². The number of aliphatic imine (C=N–C) groups is 1. The highest BCUT2D eigenvalue weighted by molar-refractivity contribution is 14.0. The molecule has 1 aliphatic heterocycles. The average Bonchev–Trinajstić information content (AvgIpc) is 2.58. The van der Waals surface area contributed by atoms with Gasteiger partial charge in [-0.3, -0.25) is 0 Å². The highest BCUT2D eigenvalue weighted by Gasteiger charge is 2.11. The van der Waals surface area contributed by atoms with Crippen LogP contribution < -0.4 is 5.73 Å². The average molecular weight is 380 g/mol. The van der Waals surface area contributed by atoms with Crippen LogP contribution in [-0.4, -0.2) is 28.9 Å². The lowest BCUT2D eigenvalue weighted by molar-refractivity contribution is 0.428. The third-order valence-corrected chi connectivity index (χ3v) is 4.08. The SMILES string of the molecule is Cc1ncsc1CN=C(N)N1CCCCCC1.I. The minimum absolute atomic E-state index is 0. The van der Waals surface area contributed by atoms with Crippen LogP contribution in [0.3, 0.4) is 0 Å². The third-order valence-electron chi connectivity index (χ3n) is 3.16. The molecule has 102 valence electrons. The van der Waals surface area contributed by atoms with Gasteiger partial charge in [-0.05, 0) is 19.8 Å². The highest BCUT2D eigenvalue weighted by Crippen LogP contribution is 2.14. The van der Waals surface area contributed by atoms with Crippen molar-refractivity contribution in [1.29, 1.82) is 0 Å². The topological polar surface area (TPSA) is 54.5 Å². The molecule has 0 radical (unpaired) electrons. The van der Waals surface area contributed by atoms with Crippen molar-refractivity contribution in [3.05, 3.63) is 16.1 Å². The summed E-state index contributed by atoms with van der Waals surface area (Å²) < 4.78 is 0. The van der Waals surface area contributed by atoms with Crippen LogP contribution in [-0.2, 0) is 6.54 Å². The molecule has 1 saturated heterocycles. The van der Waals surface area contributed by atoms with Crippen molar-refractivity contribution < 1.29 is 0 Å². The number of aromatic nitrogens is 1. The first-order chi connectivity index (χ1) is 8.27. The fraction of sp³-hybridized carbons (Fsp3) is 0.667. The molecule has 1 fully saturated rings. The Morgan fingerprint density at radius 2 is 2.06 bits per heavy atom. The Morgan fingerprint density at radius 1 is 1.39 bits per heavy atom. The van der Waals surface area contributed by atoms with Gasteiger partial charge in [0.25, 0.3) is 0 Å². The number of likely N-dealkylation sites (tertiary alicyclic amines) is 1.